The number of benzene rings is 2. The van der Waals surface area contributed by atoms with Crippen LogP contribution in [0.2, 0.25) is 0 Å². The molecule has 5 rings (SSSR count). The zero-order valence-electron chi connectivity index (χ0n) is 25.5. The molecule has 232 valence electrons. The summed E-state index contributed by atoms with van der Waals surface area (Å²) in [5.41, 5.74) is 2.49. The van der Waals surface area contributed by atoms with Crippen molar-refractivity contribution in [2.75, 3.05) is 69.0 Å². The molecular weight excluding hydrogens is 566 g/mol. The van der Waals surface area contributed by atoms with Crippen molar-refractivity contribution in [1.29, 1.82) is 0 Å². The predicted octanol–water partition coefficient (Wildman–Crippen LogP) is 3.14. The second-order valence-electron chi connectivity index (χ2n) is 11.4. The molecule has 2 saturated heterocycles. The first-order valence-corrected chi connectivity index (χ1v) is 16.4. The van der Waals surface area contributed by atoms with Gasteiger partial charge in [0.25, 0.3) is 0 Å². The van der Waals surface area contributed by atoms with Crippen molar-refractivity contribution in [2.45, 2.75) is 50.2 Å². The molecular formula is C30H43N9O3S. The standard InChI is InChI=1S/C30H43N9O3S/c1-22(2)36-43(40,41)28-8-6-5-7-23(28)20-31-29-32-21-33-30(35-29)34-26-10-9-25(19-27(26)42-4)38-13-11-24(12-14-38)39-17-15-37(3)16-18-39/h5-10,19,21-22,24,36H,11-18,20H2,1-4H3,(H2,31,32,33,34,35). The van der Waals surface area contributed by atoms with E-state index in [4.69, 9.17) is 4.74 Å². The predicted molar refractivity (Wildman–Crippen MR) is 170 cm³/mol. The first-order chi connectivity index (χ1) is 20.7. The van der Waals surface area contributed by atoms with Gasteiger partial charge in [0, 0.05) is 69.7 Å². The number of hydrogen-bond donors (Lipinski definition) is 3. The third kappa shape index (κ3) is 7.91. The van der Waals surface area contributed by atoms with E-state index in [-0.39, 0.29) is 17.5 Å². The summed E-state index contributed by atoms with van der Waals surface area (Å²) in [6.45, 7) is 10.5. The summed E-state index contributed by atoms with van der Waals surface area (Å²) in [5, 5.41) is 6.37. The second kappa shape index (κ2) is 13.8. The first-order valence-electron chi connectivity index (χ1n) is 14.9. The maximum atomic E-state index is 12.8. The number of sulfonamides is 1. The average molecular weight is 610 g/mol. The molecule has 0 amide bonds. The molecule has 0 unspecified atom stereocenters. The molecule has 0 atom stereocenters. The monoisotopic (exact) mass is 609 g/mol. The Morgan fingerprint density at radius 2 is 1.70 bits per heavy atom. The Hall–Kier alpha value is -3.52. The number of anilines is 4. The van der Waals surface area contributed by atoms with E-state index in [2.05, 4.69) is 64.2 Å². The van der Waals surface area contributed by atoms with E-state index in [1.165, 1.54) is 6.33 Å². The Kier molecular flexibility index (Phi) is 9.96. The van der Waals surface area contributed by atoms with E-state index in [1.807, 2.05) is 6.07 Å². The minimum atomic E-state index is -3.65. The van der Waals surface area contributed by atoms with Gasteiger partial charge in [0.2, 0.25) is 21.9 Å². The molecule has 3 heterocycles. The summed E-state index contributed by atoms with van der Waals surface area (Å²) < 4.78 is 34.0. The van der Waals surface area contributed by atoms with Crippen molar-refractivity contribution in [1.82, 2.24) is 29.5 Å². The maximum absolute atomic E-state index is 12.8. The lowest BCUT2D eigenvalue weighted by Gasteiger charge is -2.42. The van der Waals surface area contributed by atoms with Crippen LogP contribution in [0.4, 0.5) is 23.3 Å². The average Bonchev–Trinajstić information content (AvgIpc) is 3.00. The van der Waals surface area contributed by atoms with Gasteiger partial charge in [-0.15, -0.1) is 0 Å². The third-order valence-electron chi connectivity index (χ3n) is 7.98. The highest BCUT2D eigenvalue weighted by molar-refractivity contribution is 7.89. The molecule has 0 radical (unpaired) electrons. The zero-order valence-corrected chi connectivity index (χ0v) is 26.3. The SMILES string of the molecule is COc1cc(N2CCC(N3CCN(C)CC3)CC2)ccc1Nc1ncnc(NCc2ccccc2S(=O)(=O)NC(C)C)n1. The lowest BCUT2D eigenvalue weighted by molar-refractivity contribution is 0.0982. The summed E-state index contributed by atoms with van der Waals surface area (Å²) in [4.78, 5) is 20.7. The maximum Gasteiger partial charge on any atom is 0.241 e. The summed E-state index contributed by atoms with van der Waals surface area (Å²) in [6.07, 6.45) is 3.74. The van der Waals surface area contributed by atoms with Gasteiger partial charge in [-0.2, -0.15) is 4.98 Å². The molecule has 43 heavy (non-hydrogen) atoms. The van der Waals surface area contributed by atoms with Gasteiger partial charge in [-0.1, -0.05) is 18.2 Å². The highest BCUT2D eigenvalue weighted by Crippen LogP contribution is 2.33. The topological polar surface area (TPSA) is 128 Å². The van der Waals surface area contributed by atoms with Crippen molar-refractivity contribution in [2.24, 2.45) is 0 Å². The molecule has 0 aliphatic carbocycles. The molecule has 2 fully saturated rings. The number of piperidine rings is 1. The van der Waals surface area contributed by atoms with E-state index >= 15 is 0 Å². The normalized spacial score (nSPS) is 17.3. The van der Waals surface area contributed by atoms with Gasteiger partial charge in [-0.3, -0.25) is 4.90 Å². The van der Waals surface area contributed by atoms with Gasteiger partial charge >= 0.3 is 0 Å². The van der Waals surface area contributed by atoms with Crippen LogP contribution in [0.15, 0.2) is 53.7 Å². The summed E-state index contributed by atoms with van der Waals surface area (Å²) in [7, 11) is 0.208. The Morgan fingerprint density at radius 1 is 0.977 bits per heavy atom. The van der Waals surface area contributed by atoms with Crippen molar-refractivity contribution < 1.29 is 13.2 Å². The third-order valence-corrected chi connectivity index (χ3v) is 9.74. The smallest absolute Gasteiger partial charge is 0.241 e. The van der Waals surface area contributed by atoms with E-state index in [0.717, 1.165) is 63.5 Å². The van der Waals surface area contributed by atoms with Gasteiger partial charge in [0.05, 0.1) is 17.7 Å². The largest absolute Gasteiger partial charge is 0.494 e. The van der Waals surface area contributed by atoms with Crippen LogP contribution in [0.3, 0.4) is 0 Å². The van der Waals surface area contributed by atoms with Crippen LogP contribution in [0.25, 0.3) is 0 Å². The van der Waals surface area contributed by atoms with Crippen LogP contribution >= 0.6 is 0 Å². The lowest BCUT2D eigenvalue weighted by atomic mass is 10.0. The molecule has 1 aromatic heterocycles. The molecule has 3 N–H and O–H groups in total. The molecule has 0 spiro atoms. The number of methoxy groups -OCH3 is 1. The Labute approximate surface area is 254 Å². The second-order valence-corrected chi connectivity index (χ2v) is 13.1. The highest BCUT2D eigenvalue weighted by atomic mass is 32.2. The van der Waals surface area contributed by atoms with Crippen LogP contribution in [0, 0.1) is 0 Å². The molecule has 12 nitrogen and oxygen atoms in total. The molecule has 3 aromatic rings. The van der Waals surface area contributed by atoms with Crippen LogP contribution in [0.5, 0.6) is 5.75 Å². The molecule has 2 aliphatic heterocycles. The Bertz CT molecular complexity index is 1470. The van der Waals surface area contributed by atoms with Crippen LogP contribution in [0.1, 0.15) is 32.3 Å². The quantitative estimate of drug-likeness (QED) is 0.297. The number of ether oxygens (including phenoxy) is 1. The van der Waals surface area contributed by atoms with Gasteiger partial charge in [0.15, 0.2) is 0 Å². The summed E-state index contributed by atoms with van der Waals surface area (Å²) in [5.74, 6) is 1.37. The van der Waals surface area contributed by atoms with Crippen molar-refractivity contribution in [3.8, 4) is 5.75 Å². The number of rotatable bonds is 11. The lowest BCUT2D eigenvalue weighted by Crippen LogP contribution is -2.52. The van der Waals surface area contributed by atoms with E-state index in [9.17, 15) is 8.42 Å². The van der Waals surface area contributed by atoms with Crippen molar-refractivity contribution in [3.63, 3.8) is 0 Å². The Balaban J connectivity index is 1.21. The van der Waals surface area contributed by atoms with Gasteiger partial charge < -0.3 is 25.2 Å². The molecule has 2 aliphatic rings. The molecule has 13 heteroatoms. The fourth-order valence-electron chi connectivity index (χ4n) is 5.68. The fourth-order valence-corrected chi connectivity index (χ4v) is 7.17. The van der Waals surface area contributed by atoms with E-state index < -0.39 is 10.0 Å². The van der Waals surface area contributed by atoms with Gasteiger partial charge in [-0.25, -0.2) is 23.1 Å². The van der Waals surface area contributed by atoms with Crippen LogP contribution in [-0.4, -0.2) is 98.7 Å². The molecule has 2 aromatic carbocycles. The minimum absolute atomic E-state index is 0.214. The Morgan fingerprint density at radius 3 is 2.42 bits per heavy atom. The van der Waals surface area contributed by atoms with Crippen molar-refractivity contribution >= 4 is 33.3 Å². The van der Waals surface area contributed by atoms with E-state index in [0.29, 0.717) is 29.3 Å². The number of aromatic nitrogens is 3. The molecule has 0 saturated carbocycles. The summed E-state index contributed by atoms with van der Waals surface area (Å²) >= 11 is 0. The number of likely N-dealkylation sites (N-methyl/N-ethyl adjacent to an activating group) is 1. The van der Waals surface area contributed by atoms with Crippen LogP contribution < -0.4 is 25.0 Å². The van der Waals surface area contributed by atoms with Crippen molar-refractivity contribution in [3.05, 3.63) is 54.4 Å². The highest BCUT2D eigenvalue weighted by Gasteiger charge is 2.27. The number of nitrogens with one attached hydrogen (secondary N) is 3. The minimum Gasteiger partial charge on any atom is -0.494 e. The first kappa shape index (κ1) is 30.9. The van der Waals surface area contributed by atoms with Gasteiger partial charge in [0.1, 0.15) is 12.1 Å². The van der Waals surface area contributed by atoms with Crippen LogP contribution in [-0.2, 0) is 16.6 Å². The molecule has 0 bridgehead atoms. The zero-order chi connectivity index (χ0) is 30.4. The number of piperazine rings is 1. The van der Waals surface area contributed by atoms with E-state index in [1.54, 1.807) is 45.2 Å². The summed E-state index contributed by atoms with van der Waals surface area (Å²) in [6, 6.07) is 13.5. The van der Waals surface area contributed by atoms with Gasteiger partial charge in [-0.05, 0) is 57.5 Å². The number of hydrogen-bond acceptors (Lipinski definition) is 11. The fraction of sp³-hybridized carbons (Fsp3) is 0.500. The number of nitrogens with zero attached hydrogens (tertiary/aromatic N) is 6.